The zero-order valence-electron chi connectivity index (χ0n) is 46.9. The summed E-state index contributed by atoms with van der Waals surface area (Å²) in [4.78, 5) is 51.9. The maximum Gasteiger partial charge on any atom is 0.323 e. The molecule has 72 heavy (non-hydrogen) atoms. The number of carboxylic acids is 1. The number of ether oxygens (including phenoxy) is 4. The largest absolute Gasteiger partial charge is 0.483 e. The van der Waals surface area contributed by atoms with Crippen LogP contribution >= 0.6 is 0 Å². The quantitative estimate of drug-likeness (QED) is 0.0122. The molecule has 17 heteroatoms. The number of nitrogens with zero attached hydrogens (tertiary/aromatic N) is 1. The van der Waals surface area contributed by atoms with E-state index in [0.717, 1.165) is 42.7 Å². The predicted molar refractivity (Wildman–Crippen MR) is 293 cm³/mol. The lowest BCUT2D eigenvalue weighted by molar-refractivity contribution is -0.384. The molecule has 2 aliphatic rings. The number of benzene rings is 1. The Bertz CT molecular complexity index is 1980. The van der Waals surface area contributed by atoms with Crippen molar-refractivity contribution < 1.29 is 56.6 Å². The highest BCUT2D eigenvalue weighted by Gasteiger charge is 2.51. The van der Waals surface area contributed by atoms with Crippen molar-refractivity contribution in [2.24, 2.45) is 17.8 Å². The Balaban J connectivity index is 2.18. The van der Waals surface area contributed by atoms with Crippen LogP contribution in [0.1, 0.15) is 136 Å². The van der Waals surface area contributed by atoms with Crippen molar-refractivity contribution in [1.82, 2.24) is 0 Å². The topological polar surface area (TPSA) is 182 Å². The van der Waals surface area contributed by atoms with Gasteiger partial charge in [-0.05, 0) is 118 Å². The molecule has 1 aromatic carbocycles. The SMILES string of the molecule is CCC(O[Si](CC)(CC)CC)C(C)C1OC1CC(C)(C=CC=C(C)C1OC(=O)C(C(=O)O)C(O[Si](CC)(CC)CC)CCC(C)(Oc2ccc([N+](=O)[O-])cc2)C(OC(C)=O)C=CC1C)O[Si](CC)(CC)CC. The summed E-state index contributed by atoms with van der Waals surface area (Å²) in [5.41, 5.74) is -1.52. The minimum Gasteiger partial charge on any atom is -0.483 e. The van der Waals surface area contributed by atoms with Crippen LogP contribution in [0.2, 0.25) is 54.4 Å². The van der Waals surface area contributed by atoms with Crippen molar-refractivity contribution in [3.63, 3.8) is 0 Å². The molecule has 0 spiro atoms. The summed E-state index contributed by atoms with van der Waals surface area (Å²) in [6.45, 7) is 32.9. The molecule has 408 valence electrons. The Kier molecular flexibility index (Phi) is 24.3. The number of carbonyl (C=O) groups is 3. The summed E-state index contributed by atoms with van der Waals surface area (Å²) in [7, 11) is -6.55. The van der Waals surface area contributed by atoms with Gasteiger partial charge in [-0.3, -0.25) is 24.5 Å². The first kappa shape index (κ1) is 62.8. The highest BCUT2D eigenvalue weighted by Crippen LogP contribution is 2.43. The lowest BCUT2D eigenvalue weighted by Crippen LogP contribution is -2.51. The van der Waals surface area contributed by atoms with Crippen molar-refractivity contribution in [1.29, 1.82) is 0 Å². The third-order valence-corrected chi connectivity index (χ3v) is 30.6. The first-order valence-electron chi connectivity index (χ1n) is 27.2. The molecule has 2 heterocycles. The van der Waals surface area contributed by atoms with Gasteiger partial charge in [0.05, 0.1) is 28.8 Å². The molecule has 11 unspecified atom stereocenters. The average molecular weight is 1060 g/mol. The molecule has 2 aliphatic heterocycles. The first-order valence-corrected chi connectivity index (χ1v) is 34.8. The minimum atomic E-state index is -2.57. The minimum absolute atomic E-state index is 0.00806. The molecule has 0 saturated carbocycles. The number of nitro groups is 1. The molecular weight excluding hydrogens is 967 g/mol. The molecule has 11 atom stereocenters. The van der Waals surface area contributed by atoms with Crippen LogP contribution in [0.15, 0.2) is 60.2 Å². The Morgan fingerprint density at radius 2 is 1.46 bits per heavy atom. The highest BCUT2D eigenvalue weighted by atomic mass is 28.4. The third kappa shape index (κ3) is 16.5. The molecule has 1 aromatic rings. The number of non-ortho nitro benzene ring substituents is 1. The van der Waals surface area contributed by atoms with Crippen molar-refractivity contribution >= 4 is 48.5 Å². The summed E-state index contributed by atoms with van der Waals surface area (Å²) in [5.74, 6) is -4.61. The van der Waals surface area contributed by atoms with Crippen LogP contribution in [-0.4, -0.2) is 101 Å². The van der Waals surface area contributed by atoms with Crippen molar-refractivity contribution in [2.75, 3.05) is 0 Å². The van der Waals surface area contributed by atoms with Gasteiger partial charge in [-0.25, -0.2) is 0 Å². The summed E-state index contributed by atoms with van der Waals surface area (Å²) in [6, 6.07) is 13.9. The van der Waals surface area contributed by atoms with Gasteiger partial charge >= 0.3 is 17.9 Å². The van der Waals surface area contributed by atoms with E-state index in [9.17, 15) is 29.6 Å². The maximum atomic E-state index is 14.6. The maximum absolute atomic E-state index is 14.6. The fraction of sp³-hybridized carbons (Fsp3) is 0.727. The van der Waals surface area contributed by atoms with E-state index in [4.69, 9.17) is 32.2 Å². The molecule has 1 fully saturated rings. The fourth-order valence-corrected chi connectivity index (χ4v) is 19.7. The van der Waals surface area contributed by atoms with Gasteiger partial charge < -0.3 is 37.3 Å². The Labute approximate surface area is 435 Å². The first-order chi connectivity index (χ1) is 33.9. The number of epoxide rings is 1. The number of nitro benzene ring substituents is 1. The molecule has 0 amide bonds. The summed E-state index contributed by atoms with van der Waals surface area (Å²) >= 11 is 0. The third-order valence-electron chi connectivity index (χ3n) is 16.5. The van der Waals surface area contributed by atoms with Gasteiger partial charge in [0.1, 0.15) is 17.5 Å². The van der Waals surface area contributed by atoms with E-state index in [1.807, 2.05) is 46.8 Å². The van der Waals surface area contributed by atoms with E-state index in [2.05, 4.69) is 68.4 Å². The number of hydrogen-bond acceptors (Lipinski definition) is 12. The zero-order chi connectivity index (χ0) is 54.2. The lowest BCUT2D eigenvalue weighted by Gasteiger charge is -2.40. The Hall–Kier alpha value is -3.46. The van der Waals surface area contributed by atoms with E-state index in [-0.39, 0.29) is 48.5 Å². The lowest BCUT2D eigenvalue weighted by atomic mass is 9.86. The van der Waals surface area contributed by atoms with Crippen LogP contribution in [0.5, 0.6) is 5.75 Å². The number of hydrogen-bond donors (Lipinski definition) is 1. The van der Waals surface area contributed by atoms with E-state index < -0.39 is 89.1 Å². The number of esters is 2. The van der Waals surface area contributed by atoms with Crippen LogP contribution in [0.4, 0.5) is 5.69 Å². The predicted octanol–water partition coefficient (Wildman–Crippen LogP) is 13.5. The Morgan fingerprint density at radius 1 is 0.903 bits per heavy atom. The van der Waals surface area contributed by atoms with E-state index in [1.165, 1.54) is 31.2 Å². The Morgan fingerprint density at radius 3 is 1.94 bits per heavy atom. The van der Waals surface area contributed by atoms with Crippen LogP contribution in [-0.2, 0) is 41.9 Å². The zero-order valence-corrected chi connectivity index (χ0v) is 49.9. The number of allylic oxidation sites excluding steroid dienone is 2. The van der Waals surface area contributed by atoms with Gasteiger partial charge in [0.15, 0.2) is 37.0 Å². The normalized spacial score (nSPS) is 26.4. The van der Waals surface area contributed by atoms with Crippen LogP contribution in [0, 0.1) is 27.9 Å². The molecular formula is C55H93NO13Si3. The molecule has 0 bridgehead atoms. The van der Waals surface area contributed by atoms with Gasteiger partial charge in [-0.15, -0.1) is 0 Å². The molecule has 0 radical (unpaired) electrons. The molecule has 1 N–H and O–H groups in total. The van der Waals surface area contributed by atoms with Crippen LogP contribution in [0.25, 0.3) is 0 Å². The summed E-state index contributed by atoms with van der Waals surface area (Å²) in [5, 5.41) is 22.5. The van der Waals surface area contributed by atoms with Crippen molar-refractivity contribution in [3.8, 4) is 5.75 Å². The van der Waals surface area contributed by atoms with Gasteiger partial charge in [0, 0.05) is 43.4 Å². The van der Waals surface area contributed by atoms with Gasteiger partial charge in [0.2, 0.25) is 0 Å². The average Bonchev–Trinajstić information content (AvgIpc) is 4.12. The van der Waals surface area contributed by atoms with E-state index in [0.29, 0.717) is 30.1 Å². The monoisotopic (exact) mass is 1060 g/mol. The second kappa shape index (κ2) is 27.9. The van der Waals surface area contributed by atoms with Crippen molar-refractivity contribution in [3.05, 3.63) is 70.3 Å². The smallest absolute Gasteiger partial charge is 0.323 e. The summed E-state index contributed by atoms with van der Waals surface area (Å²) < 4.78 is 46.8. The van der Waals surface area contributed by atoms with E-state index in [1.54, 1.807) is 19.1 Å². The number of aliphatic carboxylic acids is 1. The molecule has 1 saturated heterocycles. The highest BCUT2D eigenvalue weighted by molar-refractivity contribution is 6.74. The van der Waals surface area contributed by atoms with Crippen LogP contribution < -0.4 is 4.74 Å². The molecule has 0 aromatic heterocycles. The second-order valence-corrected chi connectivity index (χ2v) is 35.1. The van der Waals surface area contributed by atoms with E-state index >= 15 is 0 Å². The number of rotatable bonds is 28. The number of carboxylic acid groups (broad SMARTS) is 1. The van der Waals surface area contributed by atoms with Gasteiger partial charge in [-0.1, -0.05) is 107 Å². The number of carbonyl (C=O) groups excluding carboxylic acids is 2. The number of cyclic esters (lactones) is 1. The molecule has 0 aliphatic carbocycles. The van der Waals surface area contributed by atoms with Crippen molar-refractivity contribution in [2.45, 2.75) is 239 Å². The fourth-order valence-electron chi connectivity index (χ4n) is 10.7. The molecule has 14 nitrogen and oxygen atoms in total. The standard InChI is InChI=1S/C55H93NO13Si3/c1-17-45(67-70(18-2,19-3)20-4)41(13)51-47(64-51)38-54(15,69-72(24-8,25-9)26-10)36-27-28-39(11)50-40(12)29-34-48(63-42(14)57)55(16,66-44-32-30-43(31-33-44)56(61)62)37-35-46(49(52(58)59)53(60)65-50)68-71(21-5,22-6)23-7/h27-34,36,40-41,45-51H,17-26,35,37-38H2,1-16H3,(H,58,59). The second-order valence-electron chi connectivity index (χ2n) is 21.0. The molecule has 3 rings (SSSR count). The van der Waals surface area contributed by atoms with Crippen LogP contribution in [0.3, 0.4) is 0 Å². The summed E-state index contributed by atoms with van der Waals surface area (Å²) in [6.07, 6.45) is 8.25. The van der Waals surface area contributed by atoms with Gasteiger partial charge in [0.25, 0.3) is 5.69 Å². The van der Waals surface area contributed by atoms with Gasteiger partial charge in [-0.2, -0.15) is 0 Å².